The topological polar surface area (TPSA) is 68.0 Å². The molecule has 0 saturated heterocycles. The van der Waals surface area contributed by atoms with Gasteiger partial charge in [0.25, 0.3) is 0 Å². The summed E-state index contributed by atoms with van der Waals surface area (Å²) in [4.78, 5) is 16.5. The second-order valence-electron chi connectivity index (χ2n) is 5.76. The highest BCUT2D eigenvalue weighted by Gasteiger charge is 2.36. The van der Waals surface area contributed by atoms with Crippen LogP contribution < -0.4 is 11.1 Å². The molecule has 1 fully saturated rings. The van der Waals surface area contributed by atoms with Crippen molar-refractivity contribution in [2.24, 2.45) is 11.1 Å². The van der Waals surface area contributed by atoms with E-state index < -0.39 is 0 Å². The van der Waals surface area contributed by atoms with Crippen LogP contribution in [0.1, 0.15) is 44.1 Å². The van der Waals surface area contributed by atoms with E-state index in [0.717, 1.165) is 32.1 Å². The summed E-state index contributed by atoms with van der Waals surface area (Å²) in [5.41, 5.74) is 6.79. The summed E-state index contributed by atoms with van der Waals surface area (Å²) in [6.45, 7) is 1.14. The molecule has 20 heavy (non-hydrogen) atoms. The highest BCUT2D eigenvalue weighted by molar-refractivity contribution is 5.82. The number of rotatable bonds is 5. The normalized spacial score (nSPS) is 18.2. The minimum atomic E-state index is -0.325. The average molecular weight is 275 g/mol. The first-order chi connectivity index (χ1) is 9.77. The standard InChI is InChI=1S/C16H25N3O/c17-13-16(8-3-1-2-4-9-16)15(20)19-12-7-14-5-10-18-11-6-14/h5-6,10-11H,1-4,7-9,12-13,17H2,(H,19,20). The zero-order valence-corrected chi connectivity index (χ0v) is 12.1. The Labute approximate surface area is 121 Å². The van der Waals surface area contributed by atoms with Crippen molar-refractivity contribution in [3.63, 3.8) is 0 Å². The van der Waals surface area contributed by atoms with Crippen LogP contribution in [0.15, 0.2) is 24.5 Å². The maximum Gasteiger partial charge on any atom is 0.227 e. The van der Waals surface area contributed by atoms with Gasteiger partial charge in [0.1, 0.15) is 0 Å². The molecule has 1 aromatic rings. The van der Waals surface area contributed by atoms with E-state index >= 15 is 0 Å². The highest BCUT2D eigenvalue weighted by Crippen LogP contribution is 2.34. The van der Waals surface area contributed by atoms with E-state index in [4.69, 9.17) is 5.73 Å². The van der Waals surface area contributed by atoms with E-state index in [1.54, 1.807) is 12.4 Å². The fourth-order valence-corrected chi connectivity index (χ4v) is 2.99. The fraction of sp³-hybridized carbons (Fsp3) is 0.625. The predicted octanol–water partition coefficient (Wildman–Crippen LogP) is 2.04. The van der Waals surface area contributed by atoms with Gasteiger partial charge >= 0.3 is 0 Å². The minimum absolute atomic E-state index is 0.149. The Balaban J connectivity index is 1.86. The monoisotopic (exact) mass is 275 g/mol. The summed E-state index contributed by atoms with van der Waals surface area (Å²) in [5, 5.41) is 3.08. The Hall–Kier alpha value is -1.42. The molecule has 1 heterocycles. The Morgan fingerprint density at radius 1 is 1.20 bits per heavy atom. The van der Waals surface area contributed by atoms with Crippen molar-refractivity contribution in [3.05, 3.63) is 30.1 Å². The SMILES string of the molecule is NCC1(C(=O)NCCc2ccncc2)CCCCCC1. The maximum absolute atomic E-state index is 12.5. The van der Waals surface area contributed by atoms with Crippen molar-refractivity contribution in [1.29, 1.82) is 0 Å². The van der Waals surface area contributed by atoms with Crippen LogP contribution in [0.3, 0.4) is 0 Å². The van der Waals surface area contributed by atoms with Gasteiger partial charge in [-0.15, -0.1) is 0 Å². The lowest BCUT2D eigenvalue weighted by Crippen LogP contribution is -2.46. The van der Waals surface area contributed by atoms with Crippen molar-refractivity contribution >= 4 is 5.91 Å². The number of nitrogens with two attached hydrogens (primary N) is 1. The van der Waals surface area contributed by atoms with Crippen molar-refractivity contribution in [2.45, 2.75) is 44.9 Å². The predicted molar refractivity (Wildman–Crippen MR) is 80.1 cm³/mol. The van der Waals surface area contributed by atoms with Gasteiger partial charge in [-0.3, -0.25) is 9.78 Å². The van der Waals surface area contributed by atoms with Gasteiger partial charge in [-0.25, -0.2) is 0 Å². The van der Waals surface area contributed by atoms with E-state index in [0.29, 0.717) is 13.1 Å². The number of nitrogens with one attached hydrogen (secondary N) is 1. The molecule has 3 N–H and O–H groups in total. The average Bonchev–Trinajstić information content (AvgIpc) is 2.74. The van der Waals surface area contributed by atoms with Gasteiger partial charge in [0.15, 0.2) is 0 Å². The summed E-state index contributed by atoms with van der Waals surface area (Å²) in [6, 6.07) is 3.97. The molecule has 1 amide bonds. The quantitative estimate of drug-likeness (QED) is 0.808. The number of hydrogen-bond acceptors (Lipinski definition) is 3. The first kappa shape index (κ1) is 15.0. The van der Waals surface area contributed by atoms with E-state index in [1.807, 2.05) is 12.1 Å². The molecule has 4 heteroatoms. The number of nitrogens with zero attached hydrogens (tertiary/aromatic N) is 1. The molecule has 0 bridgehead atoms. The molecule has 0 atom stereocenters. The Bertz CT molecular complexity index is 411. The van der Waals surface area contributed by atoms with Crippen LogP contribution in [-0.4, -0.2) is 24.0 Å². The van der Waals surface area contributed by atoms with Gasteiger partial charge in [-0.05, 0) is 37.0 Å². The molecule has 0 aliphatic heterocycles. The zero-order valence-electron chi connectivity index (χ0n) is 12.1. The first-order valence-electron chi connectivity index (χ1n) is 7.64. The molecule has 0 radical (unpaired) electrons. The lowest BCUT2D eigenvalue weighted by atomic mass is 9.79. The van der Waals surface area contributed by atoms with Gasteiger partial charge in [0.05, 0.1) is 5.41 Å². The number of pyridine rings is 1. The Morgan fingerprint density at radius 3 is 2.45 bits per heavy atom. The number of hydrogen-bond donors (Lipinski definition) is 2. The molecule has 1 saturated carbocycles. The summed E-state index contributed by atoms with van der Waals surface area (Å²) < 4.78 is 0. The first-order valence-corrected chi connectivity index (χ1v) is 7.64. The lowest BCUT2D eigenvalue weighted by Gasteiger charge is -2.29. The van der Waals surface area contributed by atoms with Crippen LogP contribution in [0, 0.1) is 5.41 Å². The summed E-state index contributed by atoms with van der Waals surface area (Å²) in [6.07, 6.45) is 11.0. The smallest absolute Gasteiger partial charge is 0.227 e. The molecule has 1 aliphatic carbocycles. The Kier molecular flexibility index (Phi) is 5.53. The van der Waals surface area contributed by atoms with Gasteiger partial charge in [0.2, 0.25) is 5.91 Å². The third kappa shape index (κ3) is 3.79. The number of amides is 1. The molecular formula is C16H25N3O. The fourth-order valence-electron chi connectivity index (χ4n) is 2.99. The molecule has 2 rings (SSSR count). The van der Waals surface area contributed by atoms with Gasteiger partial charge < -0.3 is 11.1 Å². The van der Waals surface area contributed by atoms with Gasteiger partial charge in [0, 0.05) is 25.5 Å². The van der Waals surface area contributed by atoms with Crippen molar-refractivity contribution in [1.82, 2.24) is 10.3 Å². The Morgan fingerprint density at radius 2 is 1.85 bits per heavy atom. The number of aromatic nitrogens is 1. The molecule has 0 unspecified atom stereocenters. The summed E-state index contributed by atoms with van der Waals surface area (Å²) in [7, 11) is 0. The third-order valence-corrected chi connectivity index (χ3v) is 4.38. The second kappa shape index (κ2) is 7.39. The molecule has 0 spiro atoms. The van der Waals surface area contributed by atoms with Crippen LogP contribution in [-0.2, 0) is 11.2 Å². The van der Waals surface area contributed by atoms with Crippen LogP contribution >= 0.6 is 0 Å². The van der Waals surface area contributed by atoms with Crippen LogP contribution in [0.4, 0.5) is 0 Å². The summed E-state index contributed by atoms with van der Waals surface area (Å²) >= 11 is 0. The molecule has 0 aromatic carbocycles. The van der Waals surface area contributed by atoms with E-state index in [2.05, 4.69) is 10.3 Å². The van der Waals surface area contributed by atoms with E-state index in [-0.39, 0.29) is 11.3 Å². The molecule has 110 valence electrons. The number of carbonyl (C=O) groups excluding carboxylic acids is 1. The molecule has 1 aromatic heterocycles. The van der Waals surface area contributed by atoms with Gasteiger partial charge in [-0.2, -0.15) is 0 Å². The van der Waals surface area contributed by atoms with Crippen molar-refractivity contribution < 1.29 is 4.79 Å². The molecule has 4 nitrogen and oxygen atoms in total. The lowest BCUT2D eigenvalue weighted by molar-refractivity contribution is -0.131. The van der Waals surface area contributed by atoms with Crippen molar-refractivity contribution in [3.8, 4) is 0 Å². The van der Waals surface area contributed by atoms with Crippen LogP contribution in [0.5, 0.6) is 0 Å². The van der Waals surface area contributed by atoms with Gasteiger partial charge in [-0.1, -0.05) is 25.7 Å². The minimum Gasteiger partial charge on any atom is -0.355 e. The highest BCUT2D eigenvalue weighted by atomic mass is 16.2. The molecular weight excluding hydrogens is 250 g/mol. The molecule has 1 aliphatic rings. The van der Waals surface area contributed by atoms with Crippen LogP contribution in [0.25, 0.3) is 0 Å². The second-order valence-corrected chi connectivity index (χ2v) is 5.76. The van der Waals surface area contributed by atoms with E-state index in [1.165, 1.54) is 18.4 Å². The van der Waals surface area contributed by atoms with Crippen LogP contribution in [0.2, 0.25) is 0 Å². The largest absolute Gasteiger partial charge is 0.355 e. The third-order valence-electron chi connectivity index (χ3n) is 4.38. The zero-order chi connectivity index (χ0) is 14.3. The summed E-state index contributed by atoms with van der Waals surface area (Å²) in [5.74, 6) is 0.149. The number of carbonyl (C=O) groups is 1. The maximum atomic E-state index is 12.5. The van der Waals surface area contributed by atoms with E-state index in [9.17, 15) is 4.79 Å². The van der Waals surface area contributed by atoms with Crippen molar-refractivity contribution in [2.75, 3.05) is 13.1 Å².